The summed E-state index contributed by atoms with van der Waals surface area (Å²) in [5.41, 5.74) is 5.01. The van der Waals surface area contributed by atoms with Crippen LogP contribution in [-0.2, 0) is 11.3 Å². The number of benzene rings is 3. The van der Waals surface area contributed by atoms with Crippen molar-refractivity contribution in [1.82, 2.24) is 4.98 Å². The summed E-state index contributed by atoms with van der Waals surface area (Å²) in [6, 6.07) is 22.7. The third kappa shape index (κ3) is 6.15. The molecule has 0 atom stereocenters. The third-order valence-corrected chi connectivity index (χ3v) is 5.15. The fourth-order valence-corrected chi connectivity index (χ4v) is 3.47. The van der Waals surface area contributed by atoms with Gasteiger partial charge in [-0.25, -0.2) is 4.79 Å². The molecule has 0 amide bonds. The number of nitrogens with one attached hydrogen (secondary N) is 1. The normalized spacial score (nSPS) is 10.4. The van der Waals surface area contributed by atoms with Gasteiger partial charge >= 0.3 is 5.97 Å². The molecule has 0 fully saturated rings. The van der Waals surface area contributed by atoms with E-state index in [1.54, 1.807) is 13.0 Å². The number of hydrogen-bond acceptors (Lipinski definition) is 5. The van der Waals surface area contributed by atoms with Gasteiger partial charge < -0.3 is 14.8 Å². The van der Waals surface area contributed by atoms with E-state index in [-0.39, 0.29) is 18.4 Å². The number of pyridine rings is 1. The van der Waals surface area contributed by atoms with Gasteiger partial charge in [-0.3, -0.25) is 4.98 Å². The van der Waals surface area contributed by atoms with Crippen LogP contribution < -0.4 is 10.1 Å². The summed E-state index contributed by atoms with van der Waals surface area (Å²) in [6.07, 6.45) is 0. The summed E-state index contributed by atoms with van der Waals surface area (Å²) >= 11 is 5.92. The van der Waals surface area contributed by atoms with E-state index < -0.39 is 0 Å². The van der Waals surface area contributed by atoms with Crippen molar-refractivity contribution in [1.29, 1.82) is 0 Å². The Morgan fingerprint density at radius 1 is 1.00 bits per heavy atom. The number of hydrogen-bond donors (Lipinski definition) is 1. The number of ether oxygens (including phenoxy) is 2. The molecule has 3 aromatic carbocycles. The fraction of sp³-hybridized carbons (Fsp3) is 0.154. The molecule has 170 valence electrons. The Hall–Kier alpha value is -3.28. The first-order valence-corrected chi connectivity index (χ1v) is 10.7. The molecule has 4 aromatic rings. The van der Waals surface area contributed by atoms with Crippen LogP contribution in [0.4, 0.5) is 11.4 Å². The number of aromatic nitrogens is 1. The highest BCUT2D eigenvalue weighted by molar-refractivity contribution is 6.30. The second-order valence-electron chi connectivity index (χ2n) is 7.33. The van der Waals surface area contributed by atoms with E-state index in [4.69, 9.17) is 21.1 Å². The number of rotatable bonds is 7. The SMILES string of the molecule is CCOC(=O)c1ccc2nc(C)cc(Nc3ccc(OCc4ccc(Cl)cc4)cc3)c2c1.Cl. The number of fused-ring (bicyclic) bond motifs is 1. The quantitative estimate of drug-likeness (QED) is 0.284. The molecule has 0 radical (unpaired) electrons. The first kappa shape index (κ1) is 24.4. The number of halogens is 2. The molecule has 0 saturated heterocycles. The molecule has 0 bridgehead atoms. The second kappa shape index (κ2) is 11.0. The van der Waals surface area contributed by atoms with E-state index in [2.05, 4.69) is 10.3 Å². The van der Waals surface area contributed by atoms with Crippen molar-refractivity contribution in [2.45, 2.75) is 20.5 Å². The van der Waals surface area contributed by atoms with E-state index in [1.165, 1.54) is 0 Å². The van der Waals surface area contributed by atoms with Gasteiger partial charge in [0.1, 0.15) is 12.4 Å². The van der Waals surface area contributed by atoms with Crippen molar-refractivity contribution in [3.8, 4) is 5.75 Å². The predicted molar refractivity (Wildman–Crippen MR) is 135 cm³/mol. The highest BCUT2D eigenvalue weighted by Gasteiger charge is 2.11. The van der Waals surface area contributed by atoms with Crippen LogP contribution in [0.25, 0.3) is 10.9 Å². The van der Waals surface area contributed by atoms with E-state index in [9.17, 15) is 4.79 Å². The zero-order valence-corrected chi connectivity index (χ0v) is 19.9. The van der Waals surface area contributed by atoms with Crippen molar-refractivity contribution in [2.24, 2.45) is 0 Å². The number of nitrogens with zero attached hydrogens (tertiary/aromatic N) is 1. The highest BCUT2D eigenvalue weighted by Crippen LogP contribution is 2.28. The van der Waals surface area contributed by atoms with Gasteiger partial charge in [-0.15, -0.1) is 12.4 Å². The molecule has 1 N–H and O–H groups in total. The standard InChI is InChI=1S/C26H23ClN2O3.ClH/c1-3-31-26(30)19-6-13-24-23(15-19)25(14-17(2)28-24)29-21-9-11-22(12-10-21)32-16-18-4-7-20(27)8-5-18;/h4-15H,3,16H2,1-2H3,(H,28,29);1H. The Balaban J connectivity index is 0.00000306. The molecule has 0 unspecified atom stereocenters. The highest BCUT2D eigenvalue weighted by atomic mass is 35.5. The summed E-state index contributed by atoms with van der Waals surface area (Å²) in [7, 11) is 0. The number of aryl methyl sites for hydroxylation is 1. The molecule has 0 aliphatic carbocycles. The van der Waals surface area contributed by atoms with E-state index in [0.717, 1.165) is 39.3 Å². The van der Waals surface area contributed by atoms with Crippen molar-refractivity contribution in [3.63, 3.8) is 0 Å². The van der Waals surface area contributed by atoms with Gasteiger partial charge in [0.05, 0.1) is 17.7 Å². The van der Waals surface area contributed by atoms with Crippen LogP contribution >= 0.6 is 24.0 Å². The van der Waals surface area contributed by atoms with Crippen LogP contribution in [0.3, 0.4) is 0 Å². The minimum absolute atomic E-state index is 0. The molecule has 1 aromatic heterocycles. The van der Waals surface area contributed by atoms with Gasteiger partial charge in [0.2, 0.25) is 0 Å². The van der Waals surface area contributed by atoms with Crippen LogP contribution in [-0.4, -0.2) is 17.6 Å². The van der Waals surface area contributed by atoms with E-state index >= 15 is 0 Å². The first-order valence-electron chi connectivity index (χ1n) is 10.3. The molecule has 1 heterocycles. The van der Waals surface area contributed by atoms with E-state index in [0.29, 0.717) is 23.8 Å². The van der Waals surface area contributed by atoms with Gasteiger partial charge in [-0.05, 0) is 80.1 Å². The predicted octanol–water partition coefficient (Wildman–Crippen LogP) is 7.12. The maximum atomic E-state index is 12.2. The third-order valence-electron chi connectivity index (χ3n) is 4.90. The van der Waals surface area contributed by atoms with E-state index in [1.807, 2.05) is 73.7 Å². The molecule has 33 heavy (non-hydrogen) atoms. The Labute approximate surface area is 204 Å². The molecule has 0 aliphatic heterocycles. The number of carbonyl (C=O) groups is 1. The van der Waals surface area contributed by atoms with Crippen LogP contribution in [0.5, 0.6) is 5.75 Å². The molecular formula is C26H24Cl2N2O3. The molecule has 4 rings (SSSR count). The number of anilines is 2. The lowest BCUT2D eigenvalue weighted by Crippen LogP contribution is -2.05. The molecular weight excluding hydrogens is 459 g/mol. The minimum Gasteiger partial charge on any atom is -0.489 e. The van der Waals surface area contributed by atoms with Crippen molar-refractivity contribution in [3.05, 3.63) is 94.6 Å². The monoisotopic (exact) mass is 482 g/mol. The lowest BCUT2D eigenvalue weighted by Gasteiger charge is -2.13. The molecule has 0 aliphatic rings. The fourth-order valence-electron chi connectivity index (χ4n) is 3.34. The van der Waals surface area contributed by atoms with Crippen molar-refractivity contribution in [2.75, 3.05) is 11.9 Å². The van der Waals surface area contributed by atoms with Gasteiger partial charge in [0, 0.05) is 27.5 Å². The molecule has 5 nitrogen and oxygen atoms in total. The smallest absolute Gasteiger partial charge is 0.338 e. The Bertz CT molecular complexity index is 1240. The zero-order valence-electron chi connectivity index (χ0n) is 18.3. The summed E-state index contributed by atoms with van der Waals surface area (Å²) in [5.74, 6) is 0.425. The summed E-state index contributed by atoms with van der Waals surface area (Å²) in [6.45, 7) is 4.53. The lowest BCUT2D eigenvalue weighted by atomic mass is 10.1. The van der Waals surface area contributed by atoms with Crippen LogP contribution in [0, 0.1) is 6.92 Å². The largest absolute Gasteiger partial charge is 0.489 e. The molecule has 0 saturated carbocycles. The zero-order chi connectivity index (χ0) is 22.5. The minimum atomic E-state index is -0.344. The van der Waals surface area contributed by atoms with Gasteiger partial charge in [0.15, 0.2) is 0 Å². The average Bonchev–Trinajstić information content (AvgIpc) is 2.79. The van der Waals surface area contributed by atoms with Crippen LogP contribution in [0.2, 0.25) is 5.02 Å². The average molecular weight is 483 g/mol. The summed E-state index contributed by atoms with van der Waals surface area (Å²) < 4.78 is 11.0. The molecule has 0 spiro atoms. The Morgan fingerprint density at radius 3 is 2.42 bits per heavy atom. The number of esters is 1. The maximum absolute atomic E-state index is 12.2. The Morgan fingerprint density at radius 2 is 1.73 bits per heavy atom. The van der Waals surface area contributed by atoms with Gasteiger partial charge in [0.25, 0.3) is 0 Å². The summed E-state index contributed by atoms with van der Waals surface area (Å²) in [4.78, 5) is 16.7. The van der Waals surface area contributed by atoms with Crippen LogP contribution in [0.15, 0.2) is 72.8 Å². The Kier molecular flexibility index (Phi) is 8.15. The first-order chi connectivity index (χ1) is 15.5. The summed E-state index contributed by atoms with van der Waals surface area (Å²) in [5, 5.41) is 4.99. The topological polar surface area (TPSA) is 60.5 Å². The number of carbonyl (C=O) groups excluding carboxylic acids is 1. The van der Waals surface area contributed by atoms with Crippen molar-refractivity contribution >= 4 is 52.3 Å². The van der Waals surface area contributed by atoms with Crippen molar-refractivity contribution < 1.29 is 14.3 Å². The second-order valence-corrected chi connectivity index (χ2v) is 7.76. The van der Waals surface area contributed by atoms with Crippen LogP contribution in [0.1, 0.15) is 28.5 Å². The molecule has 7 heteroatoms. The lowest BCUT2D eigenvalue weighted by molar-refractivity contribution is 0.0526. The van der Waals surface area contributed by atoms with Gasteiger partial charge in [-0.2, -0.15) is 0 Å². The van der Waals surface area contributed by atoms with Gasteiger partial charge in [-0.1, -0.05) is 23.7 Å². The maximum Gasteiger partial charge on any atom is 0.338 e.